The fourth-order valence-electron chi connectivity index (χ4n) is 3.21. The molecule has 1 aromatic rings. The van der Waals surface area contributed by atoms with Gasteiger partial charge in [-0.25, -0.2) is 9.97 Å². The maximum atomic E-state index is 4.78. The fourth-order valence-corrected chi connectivity index (χ4v) is 3.21. The molecule has 1 atom stereocenters. The van der Waals surface area contributed by atoms with Crippen LogP contribution in [0.15, 0.2) is 0 Å². The highest BCUT2D eigenvalue weighted by molar-refractivity contribution is 5.25. The normalized spacial score (nSPS) is 29.7. The monoisotopic (exact) mass is 261 g/mol. The summed E-state index contributed by atoms with van der Waals surface area (Å²) in [4.78, 5) is 14.6. The van der Waals surface area contributed by atoms with Crippen molar-refractivity contribution in [3.63, 3.8) is 0 Å². The van der Waals surface area contributed by atoms with E-state index in [1.165, 1.54) is 18.7 Å². The van der Waals surface area contributed by atoms with Crippen LogP contribution in [0.2, 0.25) is 0 Å². The molecule has 3 fully saturated rings. The van der Waals surface area contributed by atoms with Gasteiger partial charge in [0.15, 0.2) is 0 Å². The molecule has 1 N–H and O–H groups in total. The van der Waals surface area contributed by atoms with E-state index >= 15 is 0 Å². The van der Waals surface area contributed by atoms with Gasteiger partial charge in [-0.05, 0) is 20.9 Å². The first-order valence-corrected chi connectivity index (χ1v) is 7.14. The maximum absolute atomic E-state index is 4.78. The molecule has 3 aliphatic heterocycles. The zero-order valence-corrected chi connectivity index (χ0v) is 12.1. The summed E-state index contributed by atoms with van der Waals surface area (Å²) >= 11 is 0. The predicted octanol–water partition coefficient (Wildman–Crippen LogP) is 0.485. The molecule has 0 amide bonds. The topological polar surface area (TPSA) is 44.3 Å². The summed E-state index contributed by atoms with van der Waals surface area (Å²) in [5, 5.41) is 3.19. The Morgan fingerprint density at radius 2 is 1.74 bits per heavy atom. The highest BCUT2D eigenvalue weighted by Crippen LogP contribution is 2.27. The molecule has 0 radical (unpaired) electrons. The van der Waals surface area contributed by atoms with Crippen molar-refractivity contribution >= 4 is 0 Å². The zero-order chi connectivity index (χ0) is 13.4. The van der Waals surface area contributed by atoms with E-state index in [-0.39, 0.29) is 0 Å². The standard InChI is InChI=1S/C14H23N5/c1-10-12(8-15-3)11(2)17-14(16-10)13-9-18-4-6-19(13)7-5-18/h13,15H,4-9H2,1-3H3. The SMILES string of the molecule is CNCc1c(C)nc(C2CN3CCN2CC3)nc1C. The van der Waals surface area contributed by atoms with E-state index in [2.05, 4.69) is 29.0 Å². The second kappa shape index (κ2) is 5.15. The van der Waals surface area contributed by atoms with Crippen LogP contribution in [-0.4, -0.2) is 59.5 Å². The lowest BCUT2D eigenvalue weighted by atomic mass is 10.1. The predicted molar refractivity (Wildman–Crippen MR) is 75.0 cm³/mol. The van der Waals surface area contributed by atoms with Crippen molar-refractivity contribution in [1.29, 1.82) is 0 Å². The summed E-state index contributed by atoms with van der Waals surface area (Å²) in [6.45, 7) is 10.8. The van der Waals surface area contributed by atoms with Crippen LogP contribution in [0.1, 0.15) is 28.8 Å². The highest BCUT2D eigenvalue weighted by atomic mass is 15.4. The number of aryl methyl sites for hydroxylation is 2. The molecule has 0 spiro atoms. The first kappa shape index (κ1) is 13.0. The average molecular weight is 261 g/mol. The van der Waals surface area contributed by atoms with Crippen molar-refractivity contribution in [2.75, 3.05) is 39.8 Å². The molecule has 2 bridgehead atoms. The Morgan fingerprint density at radius 3 is 2.21 bits per heavy atom. The van der Waals surface area contributed by atoms with Gasteiger partial charge in [0.05, 0.1) is 6.04 Å². The lowest BCUT2D eigenvalue weighted by molar-refractivity contribution is 0.00849. The van der Waals surface area contributed by atoms with E-state index in [0.29, 0.717) is 6.04 Å². The largest absolute Gasteiger partial charge is 0.316 e. The number of hydrogen-bond acceptors (Lipinski definition) is 5. The van der Waals surface area contributed by atoms with Crippen LogP contribution in [-0.2, 0) is 6.54 Å². The molecule has 5 heteroatoms. The first-order valence-electron chi connectivity index (χ1n) is 7.14. The molecule has 4 rings (SSSR count). The molecule has 19 heavy (non-hydrogen) atoms. The van der Waals surface area contributed by atoms with Crippen LogP contribution < -0.4 is 5.32 Å². The summed E-state index contributed by atoms with van der Waals surface area (Å²) in [7, 11) is 1.96. The van der Waals surface area contributed by atoms with Crippen LogP contribution in [0.25, 0.3) is 0 Å². The average Bonchev–Trinajstić information content (AvgIpc) is 2.44. The number of aromatic nitrogens is 2. The Kier molecular flexibility index (Phi) is 3.52. The van der Waals surface area contributed by atoms with Gasteiger partial charge < -0.3 is 5.32 Å². The van der Waals surface area contributed by atoms with Gasteiger partial charge in [-0.3, -0.25) is 9.80 Å². The first-order chi connectivity index (χ1) is 9.19. The third-order valence-electron chi connectivity index (χ3n) is 4.37. The summed E-state index contributed by atoms with van der Waals surface area (Å²) in [6, 6.07) is 0.392. The van der Waals surface area contributed by atoms with Gasteiger partial charge in [-0.15, -0.1) is 0 Å². The van der Waals surface area contributed by atoms with Crippen molar-refractivity contribution in [2.24, 2.45) is 0 Å². The molecule has 4 heterocycles. The molecule has 1 unspecified atom stereocenters. The van der Waals surface area contributed by atoms with Gasteiger partial charge in [0, 0.05) is 56.2 Å². The van der Waals surface area contributed by atoms with Gasteiger partial charge in [-0.2, -0.15) is 0 Å². The number of piperazine rings is 3. The Hall–Kier alpha value is -1.04. The lowest BCUT2D eigenvalue weighted by Crippen LogP contribution is -2.57. The van der Waals surface area contributed by atoms with Crippen LogP contribution in [0.3, 0.4) is 0 Å². The molecule has 1 aromatic heterocycles. The summed E-state index contributed by atoms with van der Waals surface area (Å²) in [5.41, 5.74) is 3.48. The van der Waals surface area contributed by atoms with E-state index in [9.17, 15) is 0 Å². The number of fused-ring (bicyclic) bond motifs is 3. The smallest absolute Gasteiger partial charge is 0.147 e. The quantitative estimate of drug-likeness (QED) is 0.857. The summed E-state index contributed by atoms with van der Waals surface area (Å²) in [5.74, 6) is 1.01. The second-order valence-corrected chi connectivity index (χ2v) is 5.61. The summed E-state index contributed by atoms with van der Waals surface area (Å²) < 4.78 is 0. The second-order valence-electron chi connectivity index (χ2n) is 5.61. The van der Waals surface area contributed by atoms with E-state index in [0.717, 1.165) is 43.4 Å². The molecule has 5 nitrogen and oxygen atoms in total. The van der Waals surface area contributed by atoms with Crippen molar-refractivity contribution in [3.05, 3.63) is 22.8 Å². The Morgan fingerprint density at radius 1 is 1.11 bits per heavy atom. The van der Waals surface area contributed by atoms with Crippen molar-refractivity contribution in [3.8, 4) is 0 Å². The number of nitrogens with zero attached hydrogens (tertiary/aromatic N) is 4. The third kappa shape index (κ3) is 2.38. The molecule has 3 saturated heterocycles. The Labute approximate surface area is 115 Å². The molecular weight excluding hydrogens is 238 g/mol. The molecule has 3 aliphatic rings. The van der Waals surface area contributed by atoms with Gasteiger partial charge in [0.2, 0.25) is 0 Å². The Bertz CT molecular complexity index is 442. The van der Waals surface area contributed by atoms with Gasteiger partial charge in [0.1, 0.15) is 5.82 Å². The van der Waals surface area contributed by atoms with Gasteiger partial charge >= 0.3 is 0 Å². The minimum Gasteiger partial charge on any atom is -0.316 e. The van der Waals surface area contributed by atoms with E-state index in [4.69, 9.17) is 9.97 Å². The minimum absolute atomic E-state index is 0.392. The molecule has 0 aromatic carbocycles. The zero-order valence-electron chi connectivity index (χ0n) is 12.1. The molecular formula is C14H23N5. The van der Waals surface area contributed by atoms with Crippen molar-refractivity contribution < 1.29 is 0 Å². The molecule has 0 saturated carbocycles. The Balaban J connectivity index is 1.89. The number of rotatable bonds is 3. The highest BCUT2D eigenvalue weighted by Gasteiger charge is 2.34. The van der Waals surface area contributed by atoms with Gasteiger partial charge in [0.25, 0.3) is 0 Å². The fraction of sp³-hybridized carbons (Fsp3) is 0.714. The van der Waals surface area contributed by atoms with Crippen molar-refractivity contribution in [1.82, 2.24) is 25.1 Å². The van der Waals surface area contributed by atoms with E-state index in [1.807, 2.05) is 7.05 Å². The maximum Gasteiger partial charge on any atom is 0.147 e. The van der Waals surface area contributed by atoms with Gasteiger partial charge in [-0.1, -0.05) is 0 Å². The van der Waals surface area contributed by atoms with Crippen LogP contribution in [0.5, 0.6) is 0 Å². The van der Waals surface area contributed by atoms with Crippen LogP contribution >= 0.6 is 0 Å². The minimum atomic E-state index is 0.392. The van der Waals surface area contributed by atoms with E-state index in [1.54, 1.807) is 0 Å². The number of hydrogen-bond donors (Lipinski definition) is 1. The molecule has 104 valence electrons. The van der Waals surface area contributed by atoms with E-state index < -0.39 is 0 Å². The molecule has 0 aliphatic carbocycles. The van der Waals surface area contributed by atoms with Crippen molar-refractivity contribution in [2.45, 2.75) is 26.4 Å². The third-order valence-corrected chi connectivity index (χ3v) is 4.37. The van der Waals surface area contributed by atoms with Crippen LogP contribution in [0, 0.1) is 13.8 Å². The lowest BCUT2D eigenvalue weighted by Gasteiger charge is -2.46. The summed E-state index contributed by atoms with van der Waals surface area (Å²) in [6.07, 6.45) is 0. The number of nitrogens with one attached hydrogen (secondary N) is 1. The van der Waals surface area contributed by atoms with Crippen LogP contribution in [0.4, 0.5) is 0 Å².